The zero-order valence-electron chi connectivity index (χ0n) is 10.5. The summed E-state index contributed by atoms with van der Waals surface area (Å²) in [6, 6.07) is 19.7. The molecule has 2 aromatic rings. The molecular formula is C16H19N. The number of rotatable bonds is 4. The van der Waals surface area contributed by atoms with Gasteiger partial charge in [0.05, 0.1) is 0 Å². The maximum absolute atomic E-state index is 3.42. The summed E-state index contributed by atoms with van der Waals surface area (Å²) in [6.45, 7) is 5.33. The second kappa shape index (κ2) is 5.65. The van der Waals surface area contributed by atoms with E-state index in [4.69, 9.17) is 0 Å². The van der Waals surface area contributed by atoms with Crippen molar-refractivity contribution in [3.8, 4) is 11.1 Å². The third-order valence-corrected chi connectivity index (χ3v) is 3.03. The van der Waals surface area contributed by atoms with E-state index in [2.05, 4.69) is 67.7 Å². The van der Waals surface area contributed by atoms with Crippen molar-refractivity contribution < 1.29 is 0 Å². The van der Waals surface area contributed by atoms with Crippen LogP contribution < -0.4 is 5.32 Å². The summed E-state index contributed by atoms with van der Waals surface area (Å²) in [5.74, 6) is 0. The van der Waals surface area contributed by atoms with Gasteiger partial charge < -0.3 is 5.32 Å². The molecule has 0 fully saturated rings. The Morgan fingerprint density at radius 3 is 2.06 bits per heavy atom. The Labute approximate surface area is 103 Å². The molecule has 0 bridgehead atoms. The Hall–Kier alpha value is -1.60. The van der Waals surface area contributed by atoms with E-state index in [1.165, 1.54) is 16.7 Å². The predicted molar refractivity (Wildman–Crippen MR) is 74.0 cm³/mol. The van der Waals surface area contributed by atoms with Crippen LogP contribution in [0.25, 0.3) is 11.1 Å². The predicted octanol–water partition coefficient (Wildman–Crippen LogP) is 4.02. The molecule has 0 aliphatic rings. The summed E-state index contributed by atoms with van der Waals surface area (Å²) in [7, 11) is 0. The molecule has 1 atom stereocenters. The number of nitrogens with one attached hydrogen (secondary N) is 1. The smallest absolute Gasteiger partial charge is 0.0291 e. The third-order valence-electron chi connectivity index (χ3n) is 3.03. The highest BCUT2D eigenvalue weighted by Crippen LogP contribution is 2.21. The Morgan fingerprint density at radius 2 is 1.47 bits per heavy atom. The minimum Gasteiger partial charge on any atom is -0.310 e. The van der Waals surface area contributed by atoms with E-state index >= 15 is 0 Å². The highest BCUT2D eigenvalue weighted by Gasteiger charge is 2.03. The number of benzene rings is 2. The van der Waals surface area contributed by atoms with Crippen molar-refractivity contribution in [3.05, 3.63) is 60.2 Å². The van der Waals surface area contributed by atoms with Crippen LogP contribution in [-0.2, 0) is 0 Å². The Kier molecular flexibility index (Phi) is 3.94. The summed E-state index contributed by atoms with van der Waals surface area (Å²) in [4.78, 5) is 0. The Bertz CT molecular complexity index is 445. The van der Waals surface area contributed by atoms with Crippen molar-refractivity contribution >= 4 is 0 Å². The standard InChI is InChI=1S/C16H19N/c1-3-17-13(2)14-9-11-16(12-10-14)15-7-5-4-6-8-15/h4-13,17H,3H2,1-2H3. The summed E-state index contributed by atoms with van der Waals surface area (Å²) in [5.41, 5.74) is 3.89. The first-order valence-electron chi connectivity index (χ1n) is 6.20. The molecule has 0 amide bonds. The third kappa shape index (κ3) is 2.95. The van der Waals surface area contributed by atoms with E-state index in [0.29, 0.717) is 6.04 Å². The quantitative estimate of drug-likeness (QED) is 0.828. The van der Waals surface area contributed by atoms with Gasteiger partial charge in [0.2, 0.25) is 0 Å². The highest BCUT2D eigenvalue weighted by molar-refractivity contribution is 5.63. The fourth-order valence-corrected chi connectivity index (χ4v) is 2.02. The van der Waals surface area contributed by atoms with Crippen LogP contribution in [0.2, 0.25) is 0 Å². The molecule has 0 heterocycles. The zero-order chi connectivity index (χ0) is 12.1. The van der Waals surface area contributed by atoms with Crippen LogP contribution >= 0.6 is 0 Å². The van der Waals surface area contributed by atoms with Crippen molar-refractivity contribution in [1.29, 1.82) is 0 Å². The van der Waals surface area contributed by atoms with Crippen LogP contribution in [0.4, 0.5) is 0 Å². The van der Waals surface area contributed by atoms with Crippen molar-refractivity contribution in [2.24, 2.45) is 0 Å². The summed E-state index contributed by atoms with van der Waals surface area (Å²) >= 11 is 0. The second-order valence-corrected chi connectivity index (χ2v) is 4.27. The topological polar surface area (TPSA) is 12.0 Å². The van der Waals surface area contributed by atoms with Crippen LogP contribution in [0.15, 0.2) is 54.6 Å². The van der Waals surface area contributed by atoms with Gasteiger partial charge in [-0.05, 0) is 30.2 Å². The molecule has 2 aromatic carbocycles. The van der Waals surface area contributed by atoms with Gasteiger partial charge in [-0.25, -0.2) is 0 Å². The maximum atomic E-state index is 3.42. The van der Waals surface area contributed by atoms with Crippen molar-refractivity contribution in [2.75, 3.05) is 6.54 Å². The summed E-state index contributed by atoms with van der Waals surface area (Å²) in [6.07, 6.45) is 0. The molecule has 0 saturated carbocycles. The molecule has 1 heteroatoms. The molecule has 1 nitrogen and oxygen atoms in total. The van der Waals surface area contributed by atoms with E-state index in [9.17, 15) is 0 Å². The van der Waals surface area contributed by atoms with Crippen molar-refractivity contribution in [3.63, 3.8) is 0 Å². The maximum Gasteiger partial charge on any atom is 0.0291 e. The first kappa shape index (κ1) is 11.9. The molecule has 0 saturated heterocycles. The van der Waals surface area contributed by atoms with Crippen LogP contribution in [0, 0.1) is 0 Å². The van der Waals surface area contributed by atoms with Gasteiger partial charge in [0.1, 0.15) is 0 Å². The number of hydrogen-bond acceptors (Lipinski definition) is 1. The largest absolute Gasteiger partial charge is 0.310 e. The van der Waals surface area contributed by atoms with E-state index < -0.39 is 0 Å². The van der Waals surface area contributed by atoms with Gasteiger partial charge in [-0.1, -0.05) is 61.5 Å². The first-order valence-corrected chi connectivity index (χ1v) is 6.20. The minimum absolute atomic E-state index is 0.421. The zero-order valence-corrected chi connectivity index (χ0v) is 10.5. The Balaban J connectivity index is 2.19. The lowest BCUT2D eigenvalue weighted by atomic mass is 10.0. The molecule has 2 rings (SSSR count). The van der Waals surface area contributed by atoms with Gasteiger partial charge in [0, 0.05) is 6.04 Å². The highest BCUT2D eigenvalue weighted by atomic mass is 14.9. The lowest BCUT2D eigenvalue weighted by Gasteiger charge is -2.13. The van der Waals surface area contributed by atoms with Gasteiger partial charge in [0.15, 0.2) is 0 Å². The lowest BCUT2D eigenvalue weighted by molar-refractivity contribution is 0.598. The van der Waals surface area contributed by atoms with Crippen molar-refractivity contribution in [1.82, 2.24) is 5.32 Å². The van der Waals surface area contributed by atoms with Gasteiger partial charge >= 0.3 is 0 Å². The van der Waals surface area contributed by atoms with Crippen LogP contribution in [0.1, 0.15) is 25.5 Å². The fourth-order valence-electron chi connectivity index (χ4n) is 2.02. The van der Waals surface area contributed by atoms with Gasteiger partial charge in [-0.2, -0.15) is 0 Å². The molecule has 0 aliphatic heterocycles. The molecule has 0 aromatic heterocycles. The molecule has 1 unspecified atom stereocenters. The normalized spacial score (nSPS) is 12.4. The molecule has 0 radical (unpaired) electrons. The van der Waals surface area contributed by atoms with Crippen LogP contribution in [0.3, 0.4) is 0 Å². The van der Waals surface area contributed by atoms with E-state index in [1.54, 1.807) is 0 Å². The molecule has 1 N–H and O–H groups in total. The van der Waals surface area contributed by atoms with Gasteiger partial charge in [0.25, 0.3) is 0 Å². The average molecular weight is 225 g/mol. The molecule has 88 valence electrons. The van der Waals surface area contributed by atoms with E-state index in [0.717, 1.165) is 6.54 Å². The lowest BCUT2D eigenvalue weighted by Crippen LogP contribution is -2.17. The molecule has 0 aliphatic carbocycles. The molecular weight excluding hydrogens is 206 g/mol. The fraction of sp³-hybridized carbons (Fsp3) is 0.250. The average Bonchev–Trinajstić information content (AvgIpc) is 2.40. The summed E-state index contributed by atoms with van der Waals surface area (Å²) in [5, 5.41) is 3.42. The molecule has 17 heavy (non-hydrogen) atoms. The minimum atomic E-state index is 0.421. The van der Waals surface area contributed by atoms with Crippen LogP contribution in [0.5, 0.6) is 0 Å². The Morgan fingerprint density at radius 1 is 0.882 bits per heavy atom. The van der Waals surface area contributed by atoms with Crippen molar-refractivity contribution in [2.45, 2.75) is 19.9 Å². The van der Waals surface area contributed by atoms with Crippen LogP contribution in [-0.4, -0.2) is 6.54 Å². The van der Waals surface area contributed by atoms with Gasteiger partial charge in [-0.15, -0.1) is 0 Å². The summed E-state index contributed by atoms with van der Waals surface area (Å²) < 4.78 is 0. The first-order chi connectivity index (χ1) is 8.31. The SMILES string of the molecule is CCNC(C)c1ccc(-c2ccccc2)cc1. The molecule has 0 spiro atoms. The van der Waals surface area contributed by atoms with E-state index in [1.807, 2.05) is 6.07 Å². The second-order valence-electron chi connectivity index (χ2n) is 4.27. The number of hydrogen-bond donors (Lipinski definition) is 1. The van der Waals surface area contributed by atoms with Gasteiger partial charge in [-0.3, -0.25) is 0 Å². The van der Waals surface area contributed by atoms with E-state index in [-0.39, 0.29) is 0 Å². The monoisotopic (exact) mass is 225 g/mol.